The van der Waals surface area contributed by atoms with Crippen molar-refractivity contribution in [2.75, 3.05) is 17.1 Å². The second-order valence-corrected chi connectivity index (χ2v) is 6.05. The molecule has 0 heterocycles. The molecule has 3 N–H and O–H groups in total. The SMILES string of the molecule is CN(c1ccc(O)cc1)S(=O)(=O)c1c(N)cccc1F. The number of nitrogens with two attached hydrogens (primary N) is 1. The van der Waals surface area contributed by atoms with E-state index in [2.05, 4.69) is 0 Å². The predicted octanol–water partition coefficient (Wildman–Crippen LogP) is 1.94. The van der Waals surface area contributed by atoms with Crippen molar-refractivity contribution in [3.8, 4) is 5.75 Å². The second kappa shape index (κ2) is 5.01. The van der Waals surface area contributed by atoms with Gasteiger partial charge >= 0.3 is 0 Å². The number of benzene rings is 2. The molecule has 0 radical (unpaired) electrons. The van der Waals surface area contributed by atoms with Gasteiger partial charge in [-0.25, -0.2) is 12.8 Å². The van der Waals surface area contributed by atoms with Crippen LogP contribution >= 0.6 is 0 Å². The molecule has 2 aromatic rings. The fourth-order valence-electron chi connectivity index (χ4n) is 1.74. The Balaban J connectivity index is 2.52. The first-order chi connectivity index (χ1) is 9.34. The number of rotatable bonds is 3. The number of hydrogen-bond acceptors (Lipinski definition) is 4. The fourth-order valence-corrected chi connectivity index (χ4v) is 3.09. The highest BCUT2D eigenvalue weighted by atomic mass is 32.2. The largest absolute Gasteiger partial charge is 0.508 e. The first-order valence-electron chi connectivity index (χ1n) is 5.66. The van der Waals surface area contributed by atoms with Crippen molar-refractivity contribution in [1.29, 1.82) is 0 Å². The fraction of sp³-hybridized carbons (Fsp3) is 0.0769. The van der Waals surface area contributed by atoms with Crippen LogP contribution in [-0.2, 0) is 10.0 Å². The van der Waals surface area contributed by atoms with E-state index in [-0.39, 0.29) is 17.1 Å². The summed E-state index contributed by atoms with van der Waals surface area (Å²) < 4.78 is 39.5. The summed E-state index contributed by atoms with van der Waals surface area (Å²) in [6.45, 7) is 0. The topological polar surface area (TPSA) is 83.6 Å². The second-order valence-electron chi connectivity index (χ2n) is 4.15. The monoisotopic (exact) mass is 296 g/mol. The summed E-state index contributed by atoms with van der Waals surface area (Å²) in [7, 11) is -2.83. The molecule has 0 saturated carbocycles. The Bertz CT molecular complexity index is 710. The number of phenols is 1. The molecule has 0 fully saturated rings. The Morgan fingerprint density at radius 2 is 1.75 bits per heavy atom. The summed E-state index contributed by atoms with van der Waals surface area (Å²) in [4.78, 5) is -0.560. The van der Waals surface area contributed by atoms with Crippen LogP contribution in [0.3, 0.4) is 0 Å². The molecule has 0 aliphatic rings. The van der Waals surface area contributed by atoms with Gasteiger partial charge in [-0.2, -0.15) is 0 Å². The summed E-state index contributed by atoms with van der Waals surface area (Å²) in [5, 5.41) is 9.20. The molecule has 0 spiro atoms. The summed E-state index contributed by atoms with van der Waals surface area (Å²) in [5.41, 5.74) is 5.69. The minimum Gasteiger partial charge on any atom is -0.508 e. The minimum absolute atomic E-state index is 0.00459. The van der Waals surface area contributed by atoms with Gasteiger partial charge in [0.15, 0.2) is 0 Å². The van der Waals surface area contributed by atoms with Crippen LogP contribution in [-0.4, -0.2) is 20.6 Å². The number of nitrogen functional groups attached to an aromatic ring is 1. The van der Waals surface area contributed by atoms with Crippen LogP contribution in [0, 0.1) is 5.82 Å². The summed E-state index contributed by atoms with van der Waals surface area (Å²) in [6.07, 6.45) is 0. The highest BCUT2D eigenvalue weighted by molar-refractivity contribution is 7.93. The molecule has 7 heteroatoms. The maximum absolute atomic E-state index is 13.8. The van der Waals surface area contributed by atoms with Gasteiger partial charge in [0, 0.05) is 7.05 Å². The van der Waals surface area contributed by atoms with E-state index in [1.165, 1.54) is 43.4 Å². The molecule has 0 amide bonds. The van der Waals surface area contributed by atoms with Gasteiger partial charge in [-0.1, -0.05) is 6.07 Å². The van der Waals surface area contributed by atoms with Crippen molar-refractivity contribution in [3.63, 3.8) is 0 Å². The lowest BCUT2D eigenvalue weighted by Gasteiger charge is -2.20. The molecule has 0 saturated heterocycles. The standard InChI is InChI=1S/C13H13FN2O3S/c1-16(9-5-7-10(17)8-6-9)20(18,19)13-11(14)3-2-4-12(13)15/h2-8,17H,15H2,1H3. The Labute approximate surface area is 116 Å². The van der Waals surface area contributed by atoms with E-state index in [4.69, 9.17) is 5.73 Å². The molecule has 2 rings (SSSR count). The third-order valence-electron chi connectivity index (χ3n) is 2.83. The first-order valence-corrected chi connectivity index (χ1v) is 7.10. The van der Waals surface area contributed by atoms with Gasteiger partial charge in [0.25, 0.3) is 10.0 Å². The van der Waals surface area contributed by atoms with Gasteiger partial charge < -0.3 is 10.8 Å². The number of hydrogen-bond donors (Lipinski definition) is 2. The van der Waals surface area contributed by atoms with Gasteiger partial charge in [0.1, 0.15) is 16.5 Å². The Kier molecular flexibility index (Phi) is 3.54. The predicted molar refractivity (Wildman–Crippen MR) is 74.5 cm³/mol. The smallest absolute Gasteiger partial charge is 0.269 e. The molecule has 2 aromatic carbocycles. The van der Waals surface area contributed by atoms with Crippen LogP contribution in [0.1, 0.15) is 0 Å². The molecule has 20 heavy (non-hydrogen) atoms. The van der Waals surface area contributed by atoms with Gasteiger partial charge in [-0.05, 0) is 36.4 Å². The van der Waals surface area contributed by atoms with Crippen molar-refractivity contribution in [2.45, 2.75) is 4.90 Å². The molecular formula is C13H13FN2O3S. The van der Waals surface area contributed by atoms with Crippen LogP contribution in [0.4, 0.5) is 15.8 Å². The summed E-state index contributed by atoms with van der Waals surface area (Å²) >= 11 is 0. The van der Waals surface area contributed by atoms with E-state index in [1.54, 1.807) is 0 Å². The molecule has 0 unspecified atom stereocenters. The van der Waals surface area contributed by atoms with E-state index >= 15 is 0 Å². The van der Waals surface area contributed by atoms with E-state index in [0.717, 1.165) is 10.4 Å². The Hall–Kier alpha value is -2.28. The molecule has 0 bridgehead atoms. The molecule has 0 aromatic heterocycles. The van der Waals surface area contributed by atoms with Gasteiger partial charge in [0.2, 0.25) is 0 Å². The maximum atomic E-state index is 13.8. The maximum Gasteiger partial charge on any atom is 0.269 e. The zero-order valence-corrected chi connectivity index (χ0v) is 11.4. The number of phenolic OH excluding ortho intramolecular Hbond substituents is 1. The van der Waals surface area contributed by atoms with Crippen molar-refractivity contribution in [1.82, 2.24) is 0 Å². The lowest BCUT2D eigenvalue weighted by Crippen LogP contribution is -2.28. The van der Waals surface area contributed by atoms with E-state index in [9.17, 15) is 17.9 Å². The number of nitrogens with zero attached hydrogens (tertiary/aromatic N) is 1. The van der Waals surface area contributed by atoms with Crippen molar-refractivity contribution >= 4 is 21.4 Å². The number of halogens is 1. The molecule has 0 aliphatic heterocycles. The molecule has 106 valence electrons. The van der Waals surface area contributed by atoms with E-state index < -0.39 is 20.7 Å². The molecule has 0 atom stereocenters. The highest BCUT2D eigenvalue weighted by Gasteiger charge is 2.27. The Morgan fingerprint density at radius 1 is 1.15 bits per heavy atom. The van der Waals surface area contributed by atoms with Gasteiger partial charge in [-0.15, -0.1) is 0 Å². The lowest BCUT2D eigenvalue weighted by molar-refractivity contribution is 0.475. The highest BCUT2D eigenvalue weighted by Crippen LogP contribution is 2.28. The minimum atomic E-state index is -4.11. The zero-order valence-electron chi connectivity index (χ0n) is 10.6. The number of aromatic hydroxyl groups is 1. The Morgan fingerprint density at radius 3 is 2.30 bits per heavy atom. The number of sulfonamides is 1. The molecule has 0 aliphatic carbocycles. The van der Waals surface area contributed by atoms with E-state index in [0.29, 0.717) is 0 Å². The molecule has 5 nitrogen and oxygen atoms in total. The molecular weight excluding hydrogens is 283 g/mol. The van der Waals surface area contributed by atoms with Crippen LogP contribution < -0.4 is 10.0 Å². The van der Waals surface area contributed by atoms with Crippen LogP contribution in [0.25, 0.3) is 0 Å². The van der Waals surface area contributed by atoms with Crippen LogP contribution in [0.2, 0.25) is 0 Å². The third-order valence-corrected chi connectivity index (χ3v) is 4.71. The summed E-state index contributed by atoms with van der Waals surface area (Å²) in [6, 6.07) is 9.19. The van der Waals surface area contributed by atoms with Crippen molar-refractivity contribution in [2.24, 2.45) is 0 Å². The van der Waals surface area contributed by atoms with Gasteiger partial charge in [0.05, 0.1) is 11.4 Å². The third kappa shape index (κ3) is 2.39. The van der Waals surface area contributed by atoms with Crippen LogP contribution in [0.15, 0.2) is 47.4 Å². The number of anilines is 2. The normalized spacial score (nSPS) is 11.3. The zero-order chi connectivity index (χ0) is 14.9. The average molecular weight is 296 g/mol. The van der Waals surface area contributed by atoms with Crippen LogP contribution in [0.5, 0.6) is 5.75 Å². The van der Waals surface area contributed by atoms with Crippen molar-refractivity contribution in [3.05, 3.63) is 48.3 Å². The first kappa shape index (κ1) is 14.1. The van der Waals surface area contributed by atoms with Crippen molar-refractivity contribution < 1.29 is 17.9 Å². The van der Waals surface area contributed by atoms with E-state index in [1.807, 2.05) is 0 Å². The summed E-state index contributed by atoms with van der Waals surface area (Å²) in [5.74, 6) is -0.902. The average Bonchev–Trinajstić information content (AvgIpc) is 2.38. The lowest BCUT2D eigenvalue weighted by atomic mass is 10.3. The quantitative estimate of drug-likeness (QED) is 0.848. The van der Waals surface area contributed by atoms with Gasteiger partial charge in [-0.3, -0.25) is 4.31 Å².